The number of nitrogens with zero attached hydrogens (tertiary/aromatic N) is 1. The van der Waals surface area contributed by atoms with Crippen LogP contribution in [0.25, 0.3) is 0 Å². The number of halogens is 1. The fraction of sp³-hybridized carbons (Fsp3) is 0.308. The fourth-order valence-electron chi connectivity index (χ4n) is 1.68. The van der Waals surface area contributed by atoms with Crippen LogP contribution in [0, 0.1) is 6.92 Å². The van der Waals surface area contributed by atoms with Crippen LogP contribution in [0.1, 0.15) is 21.2 Å². The van der Waals surface area contributed by atoms with E-state index < -0.39 is 0 Å². The maximum Gasteiger partial charge on any atom is 0.186 e. The lowest BCUT2D eigenvalue weighted by Gasteiger charge is -2.13. The Bertz CT molecular complexity index is 547. The SMILES string of the molecule is Cc1ccc(CN(C)CC(=O)c2ccc(Br)s2)o1. The summed E-state index contributed by atoms with van der Waals surface area (Å²) >= 11 is 4.83. The molecule has 18 heavy (non-hydrogen) atoms. The van der Waals surface area contributed by atoms with Gasteiger partial charge >= 0.3 is 0 Å². The summed E-state index contributed by atoms with van der Waals surface area (Å²) in [5.74, 6) is 1.92. The Morgan fingerprint density at radius 3 is 2.72 bits per heavy atom. The molecule has 0 aromatic carbocycles. The Balaban J connectivity index is 1.91. The highest BCUT2D eigenvalue weighted by atomic mass is 79.9. The third-order valence-corrected chi connectivity index (χ3v) is 4.15. The normalized spacial score (nSPS) is 11.1. The highest BCUT2D eigenvalue weighted by Gasteiger charge is 2.12. The smallest absolute Gasteiger partial charge is 0.186 e. The number of hydrogen-bond donors (Lipinski definition) is 0. The molecule has 3 nitrogen and oxygen atoms in total. The molecule has 0 saturated carbocycles. The zero-order valence-corrected chi connectivity index (χ0v) is 12.7. The molecule has 0 radical (unpaired) electrons. The van der Waals surface area contributed by atoms with E-state index in [9.17, 15) is 4.79 Å². The predicted molar refractivity (Wildman–Crippen MR) is 76.1 cm³/mol. The first kappa shape index (κ1) is 13.5. The van der Waals surface area contributed by atoms with Crippen LogP contribution in [-0.2, 0) is 6.54 Å². The number of thiophene rings is 1. The minimum Gasteiger partial charge on any atom is -0.465 e. The van der Waals surface area contributed by atoms with Crippen LogP contribution in [-0.4, -0.2) is 24.3 Å². The Kier molecular flexibility index (Phi) is 4.37. The number of carbonyl (C=O) groups is 1. The summed E-state index contributed by atoms with van der Waals surface area (Å²) < 4.78 is 6.47. The molecule has 2 aromatic heterocycles. The zero-order chi connectivity index (χ0) is 13.1. The van der Waals surface area contributed by atoms with Gasteiger partial charge < -0.3 is 4.42 Å². The van der Waals surface area contributed by atoms with Gasteiger partial charge in [0, 0.05) is 0 Å². The minimum absolute atomic E-state index is 0.136. The number of likely N-dealkylation sites (N-methyl/N-ethyl adjacent to an activating group) is 1. The molecule has 0 amide bonds. The van der Waals surface area contributed by atoms with Crippen LogP contribution in [0.3, 0.4) is 0 Å². The van der Waals surface area contributed by atoms with Crippen molar-refractivity contribution in [3.63, 3.8) is 0 Å². The molecule has 0 saturated heterocycles. The summed E-state index contributed by atoms with van der Waals surface area (Å²) in [5, 5.41) is 0. The molecule has 0 aliphatic rings. The molecule has 0 aliphatic carbocycles. The van der Waals surface area contributed by atoms with Gasteiger partial charge in [0.2, 0.25) is 0 Å². The molecule has 96 valence electrons. The molecule has 0 aliphatic heterocycles. The van der Waals surface area contributed by atoms with Gasteiger partial charge in [0.1, 0.15) is 11.5 Å². The van der Waals surface area contributed by atoms with E-state index >= 15 is 0 Å². The average molecular weight is 328 g/mol. The van der Waals surface area contributed by atoms with Crippen molar-refractivity contribution < 1.29 is 9.21 Å². The molecule has 2 aromatic rings. The Morgan fingerprint density at radius 2 is 2.17 bits per heavy atom. The summed E-state index contributed by atoms with van der Waals surface area (Å²) in [7, 11) is 1.92. The Labute approximate surface area is 119 Å². The molecule has 0 atom stereocenters. The molecular weight excluding hydrogens is 314 g/mol. The number of Topliss-reactive ketones (excluding diaryl/α,β-unsaturated/α-hetero) is 1. The predicted octanol–water partition coefficient (Wildman–Crippen LogP) is 3.73. The number of aryl methyl sites for hydroxylation is 1. The van der Waals surface area contributed by atoms with Gasteiger partial charge in [0.15, 0.2) is 5.78 Å². The van der Waals surface area contributed by atoms with Crippen LogP contribution in [0.5, 0.6) is 0 Å². The molecule has 0 spiro atoms. The second kappa shape index (κ2) is 5.82. The van der Waals surface area contributed by atoms with Crippen molar-refractivity contribution in [3.8, 4) is 0 Å². The number of furan rings is 1. The molecule has 2 rings (SSSR count). The highest BCUT2D eigenvalue weighted by molar-refractivity contribution is 9.11. The molecule has 0 unspecified atom stereocenters. The summed E-state index contributed by atoms with van der Waals surface area (Å²) in [6.45, 7) is 2.96. The highest BCUT2D eigenvalue weighted by Crippen LogP contribution is 2.22. The van der Waals surface area contributed by atoms with E-state index in [0.717, 1.165) is 20.2 Å². The topological polar surface area (TPSA) is 33.5 Å². The van der Waals surface area contributed by atoms with Gasteiger partial charge in [-0.05, 0) is 54.2 Å². The van der Waals surface area contributed by atoms with E-state index in [1.54, 1.807) is 0 Å². The first-order valence-corrected chi connectivity index (χ1v) is 7.18. The third-order valence-electron chi connectivity index (χ3n) is 2.48. The van der Waals surface area contributed by atoms with Crippen molar-refractivity contribution in [2.45, 2.75) is 13.5 Å². The number of rotatable bonds is 5. The van der Waals surface area contributed by atoms with E-state index in [1.165, 1.54) is 11.3 Å². The van der Waals surface area contributed by atoms with E-state index in [4.69, 9.17) is 4.42 Å². The van der Waals surface area contributed by atoms with Crippen LogP contribution in [0.4, 0.5) is 0 Å². The maximum atomic E-state index is 12.0. The first-order chi connectivity index (χ1) is 8.54. The van der Waals surface area contributed by atoms with Crippen molar-refractivity contribution in [3.05, 3.63) is 44.4 Å². The van der Waals surface area contributed by atoms with E-state index in [0.29, 0.717) is 13.1 Å². The molecular formula is C13H14BrNO2S. The van der Waals surface area contributed by atoms with E-state index in [-0.39, 0.29) is 5.78 Å². The molecule has 0 fully saturated rings. The van der Waals surface area contributed by atoms with Crippen molar-refractivity contribution in [2.24, 2.45) is 0 Å². The van der Waals surface area contributed by atoms with Gasteiger partial charge in [0.25, 0.3) is 0 Å². The second-order valence-corrected chi connectivity index (χ2v) is 6.67. The second-order valence-electron chi connectivity index (χ2n) is 4.21. The Hall–Kier alpha value is -0.910. The quantitative estimate of drug-likeness (QED) is 0.784. The fourth-order valence-corrected chi connectivity index (χ4v) is 3.00. The van der Waals surface area contributed by atoms with Crippen molar-refractivity contribution in [1.82, 2.24) is 4.90 Å². The molecule has 0 N–H and O–H groups in total. The standard InChI is InChI=1S/C13H14BrNO2S/c1-9-3-4-10(17-9)7-15(2)8-11(16)12-5-6-13(14)18-12/h3-6H,7-8H2,1-2H3. The number of ketones is 1. The summed E-state index contributed by atoms with van der Waals surface area (Å²) in [6.07, 6.45) is 0. The lowest BCUT2D eigenvalue weighted by molar-refractivity contribution is 0.0943. The third kappa shape index (κ3) is 3.54. The maximum absolute atomic E-state index is 12.0. The van der Waals surface area contributed by atoms with E-state index in [2.05, 4.69) is 15.9 Å². The summed E-state index contributed by atoms with van der Waals surface area (Å²) in [5.41, 5.74) is 0. The van der Waals surface area contributed by atoms with Crippen LogP contribution >= 0.6 is 27.3 Å². The molecule has 2 heterocycles. The van der Waals surface area contributed by atoms with Gasteiger partial charge in [-0.15, -0.1) is 11.3 Å². The minimum atomic E-state index is 0.136. The first-order valence-electron chi connectivity index (χ1n) is 5.57. The average Bonchev–Trinajstić information content (AvgIpc) is 2.87. The van der Waals surface area contributed by atoms with Gasteiger partial charge in [-0.1, -0.05) is 0 Å². The van der Waals surface area contributed by atoms with Crippen molar-refractivity contribution >= 4 is 33.0 Å². The van der Waals surface area contributed by atoms with Crippen molar-refractivity contribution in [1.29, 1.82) is 0 Å². The summed E-state index contributed by atoms with van der Waals surface area (Å²) in [4.78, 5) is 14.7. The zero-order valence-electron chi connectivity index (χ0n) is 10.3. The van der Waals surface area contributed by atoms with Gasteiger partial charge in [-0.3, -0.25) is 9.69 Å². The monoisotopic (exact) mass is 327 g/mol. The number of carbonyl (C=O) groups excluding carboxylic acids is 1. The van der Waals surface area contributed by atoms with Gasteiger partial charge in [-0.25, -0.2) is 0 Å². The van der Waals surface area contributed by atoms with Gasteiger partial charge in [-0.2, -0.15) is 0 Å². The van der Waals surface area contributed by atoms with E-state index in [1.807, 2.05) is 43.1 Å². The molecule has 5 heteroatoms. The lowest BCUT2D eigenvalue weighted by atomic mass is 10.3. The Morgan fingerprint density at radius 1 is 1.39 bits per heavy atom. The largest absolute Gasteiger partial charge is 0.465 e. The van der Waals surface area contributed by atoms with Gasteiger partial charge in [0.05, 0.1) is 21.8 Å². The number of hydrogen-bond acceptors (Lipinski definition) is 4. The van der Waals surface area contributed by atoms with Crippen LogP contribution < -0.4 is 0 Å². The summed E-state index contributed by atoms with van der Waals surface area (Å²) in [6, 6.07) is 7.62. The van der Waals surface area contributed by atoms with Crippen LogP contribution in [0.15, 0.2) is 32.5 Å². The lowest BCUT2D eigenvalue weighted by Crippen LogP contribution is -2.24. The molecule has 0 bridgehead atoms. The van der Waals surface area contributed by atoms with Crippen LogP contribution in [0.2, 0.25) is 0 Å². The van der Waals surface area contributed by atoms with Crippen molar-refractivity contribution in [2.75, 3.05) is 13.6 Å².